The monoisotopic (exact) mass is 332 g/mol. The maximum Gasteiger partial charge on any atom is 0.261 e. The van der Waals surface area contributed by atoms with Crippen LogP contribution in [0.2, 0.25) is 5.02 Å². The smallest absolute Gasteiger partial charge is 0.261 e. The second-order valence-corrected chi connectivity index (χ2v) is 5.40. The van der Waals surface area contributed by atoms with Gasteiger partial charge in [0, 0.05) is 30.8 Å². The fourth-order valence-corrected chi connectivity index (χ4v) is 2.28. The van der Waals surface area contributed by atoms with Crippen molar-refractivity contribution in [3.8, 4) is 11.8 Å². The van der Waals surface area contributed by atoms with Crippen molar-refractivity contribution < 1.29 is 14.3 Å². The zero-order valence-electron chi connectivity index (χ0n) is 12.8. The summed E-state index contributed by atoms with van der Waals surface area (Å²) < 4.78 is 10.5. The molecule has 1 aromatic carbocycles. The van der Waals surface area contributed by atoms with Crippen LogP contribution in [-0.4, -0.2) is 32.8 Å². The molecule has 0 saturated carbocycles. The predicted octanol–water partition coefficient (Wildman–Crippen LogP) is 2.72. The number of nitrogens with zero attached hydrogens (tertiary/aromatic N) is 1. The normalized spacial score (nSPS) is 13.4. The van der Waals surface area contributed by atoms with E-state index in [1.807, 2.05) is 12.1 Å². The number of rotatable bonds is 6. The van der Waals surface area contributed by atoms with Crippen molar-refractivity contribution in [1.29, 1.82) is 5.26 Å². The number of benzene rings is 1. The Labute approximate surface area is 140 Å². The summed E-state index contributed by atoms with van der Waals surface area (Å²) in [6.07, 6.45) is 4.09. The summed E-state index contributed by atoms with van der Waals surface area (Å²) in [4.78, 5) is 12.0. The SMILES string of the molecule is COCCCNC(=O)/C(C#N)=C/C1=Cc2cc(Cl)ccc2OC1. The summed E-state index contributed by atoms with van der Waals surface area (Å²) in [7, 11) is 1.60. The van der Waals surface area contributed by atoms with Crippen LogP contribution in [0.3, 0.4) is 0 Å². The van der Waals surface area contributed by atoms with Crippen molar-refractivity contribution in [2.45, 2.75) is 6.42 Å². The standard InChI is InChI=1S/C17H17ClN2O3/c1-22-6-2-5-20-17(21)14(10-19)8-12-7-13-9-15(18)3-4-16(13)23-11-12/h3-4,7-9H,2,5-6,11H2,1H3,(H,20,21)/b14-8+. The van der Waals surface area contributed by atoms with Crippen molar-refractivity contribution in [2.75, 3.05) is 26.9 Å². The average molecular weight is 333 g/mol. The van der Waals surface area contributed by atoms with Gasteiger partial charge in [-0.1, -0.05) is 11.6 Å². The van der Waals surface area contributed by atoms with Crippen LogP contribution in [0.25, 0.3) is 6.08 Å². The Morgan fingerprint density at radius 3 is 3.13 bits per heavy atom. The Bertz CT molecular complexity index is 690. The number of ether oxygens (including phenoxy) is 2. The van der Waals surface area contributed by atoms with Gasteiger partial charge in [0.05, 0.1) is 0 Å². The summed E-state index contributed by atoms with van der Waals surface area (Å²) in [5.74, 6) is 0.329. The third kappa shape index (κ3) is 4.85. The topological polar surface area (TPSA) is 71.3 Å². The number of methoxy groups -OCH3 is 1. The Morgan fingerprint density at radius 1 is 1.57 bits per heavy atom. The minimum absolute atomic E-state index is 0.0442. The zero-order chi connectivity index (χ0) is 16.7. The van der Waals surface area contributed by atoms with Gasteiger partial charge in [0.1, 0.15) is 24.0 Å². The highest BCUT2D eigenvalue weighted by Crippen LogP contribution is 2.29. The molecule has 0 radical (unpaired) electrons. The first-order valence-electron chi connectivity index (χ1n) is 7.16. The first-order valence-corrected chi connectivity index (χ1v) is 7.53. The summed E-state index contributed by atoms with van der Waals surface area (Å²) in [5.41, 5.74) is 1.61. The van der Waals surface area contributed by atoms with E-state index in [0.717, 1.165) is 16.9 Å². The quantitative estimate of drug-likeness (QED) is 0.494. The third-order valence-electron chi connectivity index (χ3n) is 3.21. The van der Waals surface area contributed by atoms with E-state index in [0.29, 0.717) is 31.2 Å². The lowest BCUT2D eigenvalue weighted by Crippen LogP contribution is -2.26. The highest BCUT2D eigenvalue weighted by Gasteiger charge is 2.14. The molecule has 1 aliphatic rings. The van der Waals surface area contributed by atoms with E-state index in [1.54, 1.807) is 25.3 Å². The van der Waals surface area contributed by atoms with Gasteiger partial charge in [-0.3, -0.25) is 4.79 Å². The van der Waals surface area contributed by atoms with Crippen molar-refractivity contribution in [2.24, 2.45) is 0 Å². The minimum atomic E-state index is -0.401. The molecule has 23 heavy (non-hydrogen) atoms. The molecule has 0 unspecified atom stereocenters. The molecule has 5 nitrogen and oxygen atoms in total. The van der Waals surface area contributed by atoms with Gasteiger partial charge in [-0.15, -0.1) is 0 Å². The van der Waals surface area contributed by atoms with E-state index in [9.17, 15) is 10.1 Å². The van der Waals surface area contributed by atoms with E-state index in [2.05, 4.69) is 5.32 Å². The van der Waals surface area contributed by atoms with Gasteiger partial charge in [0.25, 0.3) is 5.91 Å². The van der Waals surface area contributed by atoms with Gasteiger partial charge >= 0.3 is 0 Å². The molecule has 0 fully saturated rings. The number of carbonyl (C=O) groups is 1. The Kier molecular flexibility index (Phi) is 6.21. The molecule has 6 heteroatoms. The molecule has 1 aliphatic heterocycles. The predicted molar refractivity (Wildman–Crippen MR) is 88.1 cm³/mol. The third-order valence-corrected chi connectivity index (χ3v) is 3.45. The number of nitriles is 1. The number of halogens is 1. The molecule has 1 amide bonds. The number of nitrogens with one attached hydrogen (secondary N) is 1. The lowest BCUT2D eigenvalue weighted by atomic mass is 10.1. The average Bonchev–Trinajstić information content (AvgIpc) is 2.56. The summed E-state index contributed by atoms with van der Waals surface area (Å²) >= 11 is 5.96. The molecule has 0 spiro atoms. The van der Waals surface area contributed by atoms with Crippen molar-refractivity contribution in [1.82, 2.24) is 5.32 Å². The van der Waals surface area contributed by atoms with E-state index in [4.69, 9.17) is 21.1 Å². The molecule has 0 saturated heterocycles. The molecule has 0 atom stereocenters. The first kappa shape index (κ1) is 17.1. The van der Waals surface area contributed by atoms with Crippen molar-refractivity contribution in [3.05, 3.63) is 46.0 Å². The molecular weight excluding hydrogens is 316 g/mol. The second kappa shape index (κ2) is 8.37. The largest absolute Gasteiger partial charge is 0.488 e. The van der Waals surface area contributed by atoms with Crippen LogP contribution in [0.4, 0.5) is 0 Å². The van der Waals surface area contributed by atoms with Crippen LogP contribution in [-0.2, 0) is 9.53 Å². The van der Waals surface area contributed by atoms with Gasteiger partial charge in [0.2, 0.25) is 0 Å². The van der Waals surface area contributed by atoms with Crippen LogP contribution >= 0.6 is 11.6 Å². The Balaban J connectivity index is 2.09. The second-order valence-electron chi connectivity index (χ2n) is 4.96. The van der Waals surface area contributed by atoms with Crippen LogP contribution in [0.1, 0.15) is 12.0 Å². The molecule has 120 valence electrons. The maximum atomic E-state index is 12.0. The number of hydrogen-bond donors (Lipinski definition) is 1. The fourth-order valence-electron chi connectivity index (χ4n) is 2.10. The van der Waals surface area contributed by atoms with Crippen molar-refractivity contribution in [3.63, 3.8) is 0 Å². The van der Waals surface area contributed by atoms with Gasteiger partial charge in [0.15, 0.2) is 0 Å². The fraction of sp³-hybridized carbons (Fsp3) is 0.294. The van der Waals surface area contributed by atoms with E-state index >= 15 is 0 Å². The first-order chi connectivity index (χ1) is 11.1. The van der Waals surface area contributed by atoms with Crippen molar-refractivity contribution >= 4 is 23.6 Å². The molecule has 2 rings (SSSR count). The summed E-state index contributed by atoms with van der Waals surface area (Å²) in [5, 5.41) is 12.5. The highest BCUT2D eigenvalue weighted by atomic mass is 35.5. The molecule has 0 aromatic heterocycles. The molecule has 1 N–H and O–H groups in total. The number of amides is 1. The number of fused-ring (bicyclic) bond motifs is 1. The van der Waals surface area contributed by atoms with Crippen LogP contribution in [0.15, 0.2) is 35.4 Å². The van der Waals surface area contributed by atoms with Gasteiger partial charge in [-0.05, 0) is 42.3 Å². The van der Waals surface area contributed by atoms with Crippen LogP contribution < -0.4 is 10.1 Å². The molecule has 0 aliphatic carbocycles. The maximum absolute atomic E-state index is 12.0. The van der Waals surface area contributed by atoms with Gasteiger partial charge < -0.3 is 14.8 Å². The molecular formula is C17H17ClN2O3. The molecule has 0 bridgehead atoms. The van der Waals surface area contributed by atoms with Gasteiger partial charge in [-0.25, -0.2) is 0 Å². The van der Waals surface area contributed by atoms with E-state index in [1.165, 1.54) is 6.08 Å². The summed E-state index contributed by atoms with van der Waals surface area (Å²) in [6, 6.07) is 7.25. The number of carbonyl (C=O) groups excluding carboxylic acids is 1. The lowest BCUT2D eigenvalue weighted by Gasteiger charge is -2.16. The van der Waals surface area contributed by atoms with E-state index < -0.39 is 5.91 Å². The summed E-state index contributed by atoms with van der Waals surface area (Å²) in [6.45, 7) is 1.32. The zero-order valence-corrected chi connectivity index (χ0v) is 13.5. The van der Waals surface area contributed by atoms with E-state index in [-0.39, 0.29) is 5.57 Å². The lowest BCUT2D eigenvalue weighted by molar-refractivity contribution is -0.117. The van der Waals surface area contributed by atoms with Crippen LogP contribution in [0, 0.1) is 11.3 Å². The Hall–Kier alpha value is -2.29. The van der Waals surface area contributed by atoms with Gasteiger partial charge in [-0.2, -0.15) is 5.26 Å². The Morgan fingerprint density at radius 2 is 2.39 bits per heavy atom. The molecule has 1 aromatic rings. The molecule has 1 heterocycles. The minimum Gasteiger partial charge on any atom is -0.488 e. The number of hydrogen-bond acceptors (Lipinski definition) is 4. The highest BCUT2D eigenvalue weighted by molar-refractivity contribution is 6.30. The van der Waals surface area contributed by atoms with Crippen LogP contribution in [0.5, 0.6) is 5.75 Å².